The average molecular weight is 304 g/mol. The van der Waals surface area contributed by atoms with Crippen molar-refractivity contribution in [1.82, 2.24) is 4.98 Å². The van der Waals surface area contributed by atoms with Crippen molar-refractivity contribution in [2.75, 3.05) is 23.1 Å². The van der Waals surface area contributed by atoms with E-state index in [2.05, 4.69) is 10.3 Å². The monoisotopic (exact) mass is 304 g/mol. The van der Waals surface area contributed by atoms with Crippen molar-refractivity contribution >= 4 is 25.5 Å². The molecule has 1 atom stereocenters. The topological polar surface area (TPSA) is 93.2 Å². The van der Waals surface area contributed by atoms with Gasteiger partial charge in [0.2, 0.25) is 0 Å². The van der Waals surface area contributed by atoms with E-state index in [1.165, 1.54) is 12.3 Å². The summed E-state index contributed by atoms with van der Waals surface area (Å²) in [5.74, 6) is 0.450. The van der Waals surface area contributed by atoms with Gasteiger partial charge >= 0.3 is 0 Å². The number of anilines is 1. The van der Waals surface area contributed by atoms with E-state index >= 15 is 0 Å². The van der Waals surface area contributed by atoms with E-state index in [0.29, 0.717) is 12.8 Å². The number of hydrogen-bond acceptors (Lipinski definition) is 6. The number of pyridine rings is 1. The lowest BCUT2D eigenvalue weighted by atomic mass is 10.2. The van der Waals surface area contributed by atoms with Crippen LogP contribution in [0.15, 0.2) is 23.2 Å². The summed E-state index contributed by atoms with van der Waals surface area (Å²) in [7, 11) is -6.43. The molecule has 0 saturated carbocycles. The minimum atomic E-state index is -3.39. The van der Waals surface area contributed by atoms with Gasteiger partial charge in [0.15, 0.2) is 19.7 Å². The molecule has 106 valence electrons. The maximum absolute atomic E-state index is 11.6. The molecular weight excluding hydrogens is 288 g/mol. The Labute approximate surface area is 113 Å². The van der Waals surface area contributed by atoms with Gasteiger partial charge in [-0.15, -0.1) is 0 Å². The van der Waals surface area contributed by atoms with Crippen molar-refractivity contribution in [2.24, 2.45) is 0 Å². The van der Waals surface area contributed by atoms with Crippen LogP contribution in [-0.4, -0.2) is 45.6 Å². The van der Waals surface area contributed by atoms with E-state index in [-0.39, 0.29) is 28.3 Å². The molecule has 0 bridgehead atoms. The molecule has 19 heavy (non-hydrogen) atoms. The molecule has 8 heteroatoms. The quantitative estimate of drug-likeness (QED) is 0.872. The molecule has 0 aromatic carbocycles. The van der Waals surface area contributed by atoms with E-state index in [9.17, 15) is 16.8 Å². The van der Waals surface area contributed by atoms with Gasteiger partial charge in [0.1, 0.15) is 10.7 Å². The Morgan fingerprint density at radius 3 is 2.79 bits per heavy atom. The molecule has 6 nitrogen and oxygen atoms in total. The molecular formula is C11H16N2O4S2. The number of nitrogens with one attached hydrogen (secondary N) is 1. The lowest BCUT2D eigenvalue weighted by Crippen LogP contribution is -2.35. The van der Waals surface area contributed by atoms with Crippen molar-refractivity contribution in [3.05, 3.63) is 18.3 Å². The van der Waals surface area contributed by atoms with Gasteiger partial charge in [-0.25, -0.2) is 21.8 Å². The van der Waals surface area contributed by atoms with Crippen LogP contribution in [0.25, 0.3) is 0 Å². The van der Waals surface area contributed by atoms with Crippen molar-refractivity contribution in [3.63, 3.8) is 0 Å². The summed E-state index contributed by atoms with van der Waals surface area (Å²) < 4.78 is 46.4. The van der Waals surface area contributed by atoms with Gasteiger partial charge in [0.25, 0.3) is 0 Å². The van der Waals surface area contributed by atoms with Gasteiger partial charge in [-0.3, -0.25) is 0 Å². The van der Waals surface area contributed by atoms with Gasteiger partial charge in [-0.1, -0.05) is 0 Å². The van der Waals surface area contributed by atoms with Crippen LogP contribution in [0.5, 0.6) is 0 Å². The Bertz CT molecular complexity index is 668. The highest BCUT2D eigenvalue weighted by Crippen LogP contribution is 2.22. The van der Waals surface area contributed by atoms with E-state index in [4.69, 9.17) is 0 Å². The van der Waals surface area contributed by atoms with Crippen LogP contribution < -0.4 is 5.32 Å². The Morgan fingerprint density at radius 2 is 2.16 bits per heavy atom. The lowest BCUT2D eigenvalue weighted by molar-refractivity contribution is 0.561. The summed E-state index contributed by atoms with van der Waals surface area (Å²) in [6, 6.07) is 2.72. The van der Waals surface area contributed by atoms with Gasteiger partial charge in [-0.05, 0) is 25.0 Å². The molecule has 0 aliphatic carbocycles. The highest BCUT2D eigenvalue weighted by atomic mass is 32.2. The second-order valence-electron chi connectivity index (χ2n) is 4.72. The molecule has 1 aliphatic heterocycles. The smallest absolute Gasteiger partial charge is 0.179 e. The van der Waals surface area contributed by atoms with Crippen molar-refractivity contribution in [3.8, 4) is 0 Å². The standard InChI is InChI=1S/C11H16N2O4S2/c1-18(14,15)10-5-2-6-12-11(10)13-9-4-3-7-19(16,17)8-9/h2,5-6,9H,3-4,7-8H2,1H3,(H,12,13). The molecule has 0 amide bonds. The summed E-state index contributed by atoms with van der Waals surface area (Å²) in [6.07, 6.45) is 3.86. The van der Waals surface area contributed by atoms with Gasteiger partial charge in [0.05, 0.1) is 11.5 Å². The van der Waals surface area contributed by atoms with Crippen LogP contribution in [0.4, 0.5) is 5.82 Å². The van der Waals surface area contributed by atoms with Gasteiger partial charge < -0.3 is 5.32 Å². The number of hydrogen-bond donors (Lipinski definition) is 1. The molecule has 2 rings (SSSR count). The first-order valence-corrected chi connectivity index (χ1v) is 9.61. The van der Waals surface area contributed by atoms with Crippen molar-refractivity contribution in [2.45, 2.75) is 23.8 Å². The van der Waals surface area contributed by atoms with Gasteiger partial charge in [-0.2, -0.15) is 0 Å². The maximum atomic E-state index is 11.6. The normalized spacial score (nSPS) is 22.9. The summed E-state index contributed by atoms with van der Waals surface area (Å²) in [5.41, 5.74) is 0. The fourth-order valence-electron chi connectivity index (χ4n) is 2.13. The van der Waals surface area contributed by atoms with Crippen molar-refractivity contribution < 1.29 is 16.8 Å². The van der Waals surface area contributed by atoms with Crippen LogP contribution >= 0.6 is 0 Å². The number of nitrogens with zero attached hydrogens (tertiary/aromatic N) is 1. The Hall–Kier alpha value is -1.15. The second-order valence-corrected chi connectivity index (χ2v) is 8.93. The lowest BCUT2D eigenvalue weighted by Gasteiger charge is -2.24. The molecule has 1 aliphatic rings. The minimum Gasteiger partial charge on any atom is -0.365 e. The van der Waals surface area contributed by atoms with E-state index in [0.717, 1.165) is 6.26 Å². The summed E-state index contributed by atoms with van der Waals surface area (Å²) in [4.78, 5) is 4.10. The predicted octanol–water partition coefficient (Wildman–Crippen LogP) is 0.474. The van der Waals surface area contributed by atoms with Crippen LogP contribution in [0, 0.1) is 0 Å². The van der Waals surface area contributed by atoms with Crippen LogP contribution in [0.3, 0.4) is 0 Å². The molecule has 0 radical (unpaired) electrons. The number of sulfone groups is 2. The zero-order chi connectivity index (χ0) is 14.1. The Kier molecular flexibility index (Phi) is 3.82. The van der Waals surface area contributed by atoms with E-state index in [1.54, 1.807) is 6.07 Å². The number of rotatable bonds is 3. The molecule has 2 heterocycles. The zero-order valence-electron chi connectivity index (χ0n) is 10.5. The summed E-state index contributed by atoms with van der Waals surface area (Å²) >= 11 is 0. The number of aromatic nitrogens is 1. The highest BCUT2D eigenvalue weighted by Gasteiger charge is 2.26. The SMILES string of the molecule is CS(=O)(=O)c1cccnc1NC1CCCS(=O)(=O)C1. The van der Waals surface area contributed by atoms with Gasteiger partial charge in [0, 0.05) is 18.5 Å². The highest BCUT2D eigenvalue weighted by molar-refractivity contribution is 7.91. The Morgan fingerprint density at radius 1 is 1.42 bits per heavy atom. The van der Waals surface area contributed by atoms with E-state index in [1.807, 2.05) is 0 Å². The molecule has 1 aromatic rings. The molecule has 1 saturated heterocycles. The fourth-order valence-corrected chi connectivity index (χ4v) is 4.55. The minimum absolute atomic E-state index is 0.0206. The molecule has 1 unspecified atom stereocenters. The average Bonchev–Trinajstić information content (AvgIpc) is 2.26. The first kappa shape index (κ1) is 14.3. The second kappa shape index (κ2) is 5.09. The molecule has 0 spiro atoms. The maximum Gasteiger partial charge on any atom is 0.179 e. The zero-order valence-corrected chi connectivity index (χ0v) is 12.2. The largest absolute Gasteiger partial charge is 0.365 e. The molecule has 1 fully saturated rings. The van der Waals surface area contributed by atoms with Crippen LogP contribution in [0.2, 0.25) is 0 Å². The third-order valence-corrected chi connectivity index (χ3v) is 5.92. The van der Waals surface area contributed by atoms with Crippen LogP contribution in [0.1, 0.15) is 12.8 Å². The van der Waals surface area contributed by atoms with Crippen LogP contribution in [-0.2, 0) is 19.7 Å². The Balaban J connectivity index is 2.25. The summed E-state index contributed by atoms with van der Waals surface area (Å²) in [5, 5.41) is 2.94. The third-order valence-electron chi connectivity index (χ3n) is 2.97. The molecule has 1 aromatic heterocycles. The molecule has 1 N–H and O–H groups in total. The van der Waals surface area contributed by atoms with E-state index < -0.39 is 19.7 Å². The van der Waals surface area contributed by atoms with Crippen molar-refractivity contribution in [1.29, 1.82) is 0 Å². The fraction of sp³-hybridized carbons (Fsp3) is 0.545. The third kappa shape index (κ3) is 3.66. The predicted molar refractivity (Wildman–Crippen MR) is 72.6 cm³/mol. The summed E-state index contributed by atoms with van der Waals surface area (Å²) in [6.45, 7) is 0. The first-order valence-electron chi connectivity index (χ1n) is 5.90. The first-order chi connectivity index (χ1) is 8.78.